The summed E-state index contributed by atoms with van der Waals surface area (Å²) in [7, 11) is 0. The molecule has 1 fully saturated rings. The number of ether oxygens (including phenoxy) is 1. The van der Waals surface area contributed by atoms with E-state index in [0.29, 0.717) is 31.9 Å². The number of non-ortho nitro benzene ring substituents is 1. The highest BCUT2D eigenvalue weighted by molar-refractivity contribution is 5.81. The molecule has 1 atom stereocenters. The number of nitrogens with zero attached hydrogens (tertiary/aromatic N) is 3. The quantitative estimate of drug-likeness (QED) is 0.609. The van der Waals surface area contributed by atoms with Crippen molar-refractivity contribution in [1.29, 1.82) is 0 Å². The van der Waals surface area contributed by atoms with Gasteiger partial charge < -0.3 is 14.5 Å². The molecular weight excluding hydrogens is 334 g/mol. The lowest BCUT2D eigenvalue weighted by atomic mass is 10.2. The standard InChI is InChI=1S/C19H21N3O4/c1-15(26-18-5-3-2-4-6-18)19(23)21-13-11-20(12-14-21)16-7-9-17(10-8-16)22(24)25/h2-10,15H,11-14H2,1H3/t15-/m1/s1. The molecule has 7 nitrogen and oxygen atoms in total. The number of amides is 1. The Morgan fingerprint density at radius 2 is 1.65 bits per heavy atom. The number of rotatable bonds is 5. The van der Waals surface area contributed by atoms with Crippen LogP contribution >= 0.6 is 0 Å². The van der Waals surface area contributed by atoms with Crippen molar-refractivity contribution in [2.45, 2.75) is 13.0 Å². The Balaban J connectivity index is 1.54. The molecule has 1 heterocycles. The van der Waals surface area contributed by atoms with Gasteiger partial charge in [-0.05, 0) is 31.2 Å². The Hall–Kier alpha value is -3.09. The first kappa shape index (κ1) is 17.7. The van der Waals surface area contributed by atoms with E-state index in [1.165, 1.54) is 12.1 Å². The van der Waals surface area contributed by atoms with Crippen LogP contribution in [0.3, 0.4) is 0 Å². The van der Waals surface area contributed by atoms with Crippen molar-refractivity contribution in [3.63, 3.8) is 0 Å². The molecule has 3 rings (SSSR count). The first-order chi connectivity index (χ1) is 12.5. The summed E-state index contributed by atoms with van der Waals surface area (Å²) in [5.74, 6) is 0.648. The zero-order valence-electron chi connectivity index (χ0n) is 14.6. The molecule has 1 saturated heterocycles. The van der Waals surface area contributed by atoms with E-state index in [-0.39, 0.29) is 11.6 Å². The lowest BCUT2D eigenvalue weighted by Gasteiger charge is -2.37. The fraction of sp³-hybridized carbons (Fsp3) is 0.316. The highest BCUT2D eigenvalue weighted by Crippen LogP contribution is 2.21. The zero-order chi connectivity index (χ0) is 18.5. The molecule has 0 unspecified atom stereocenters. The number of carbonyl (C=O) groups excluding carboxylic acids is 1. The van der Waals surface area contributed by atoms with Crippen molar-refractivity contribution in [2.75, 3.05) is 31.1 Å². The molecule has 0 saturated carbocycles. The number of anilines is 1. The number of carbonyl (C=O) groups is 1. The molecule has 0 bridgehead atoms. The first-order valence-corrected chi connectivity index (χ1v) is 8.54. The molecule has 2 aromatic rings. The molecule has 26 heavy (non-hydrogen) atoms. The molecule has 0 N–H and O–H groups in total. The number of hydrogen-bond acceptors (Lipinski definition) is 5. The zero-order valence-corrected chi connectivity index (χ0v) is 14.6. The van der Waals surface area contributed by atoms with E-state index >= 15 is 0 Å². The Bertz CT molecular complexity index is 756. The minimum atomic E-state index is -0.539. The van der Waals surface area contributed by atoms with Crippen LogP contribution in [0.5, 0.6) is 5.75 Å². The van der Waals surface area contributed by atoms with Crippen LogP contribution in [0.15, 0.2) is 54.6 Å². The number of nitro benzene ring substituents is 1. The molecule has 136 valence electrons. The molecule has 1 amide bonds. The molecule has 0 aliphatic carbocycles. The van der Waals surface area contributed by atoms with E-state index in [2.05, 4.69) is 4.90 Å². The molecule has 2 aromatic carbocycles. The second-order valence-corrected chi connectivity index (χ2v) is 6.16. The van der Waals surface area contributed by atoms with Crippen molar-refractivity contribution in [3.8, 4) is 5.75 Å². The van der Waals surface area contributed by atoms with Crippen molar-refractivity contribution < 1.29 is 14.5 Å². The summed E-state index contributed by atoms with van der Waals surface area (Å²) in [5, 5.41) is 10.7. The maximum Gasteiger partial charge on any atom is 0.269 e. The highest BCUT2D eigenvalue weighted by atomic mass is 16.6. The van der Waals surface area contributed by atoms with Crippen molar-refractivity contribution in [2.24, 2.45) is 0 Å². The largest absolute Gasteiger partial charge is 0.481 e. The fourth-order valence-electron chi connectivity index (χ4n) is 2.98. The summed E-state index contributed by atoms with van der Waals surface area (Å²) in [4.78, 5) is 26.8. The molecule has 0 aromatic heterocycles. The van der Waals surface area contributed by atoms with Crippen LogP contribution in [0.2, 0.25) is 0 Å². The summed E-state index contributed by atoms with van der Waals surface area (Å²) >= 11 is 0. The van der Waals surface area contributed by atoms with Crippen molar-refractivity contribution >= 4 is 17.3 Å². The highest BCUT2D eigenvalue weighted by Gasteiger charge is 2.26. The lowest BCUT2D eigenvalue weighted by Crippen LogP contribution is -2.52. The Morgan fingerprint density at radius 1 is 1.04 bits per heavy atom. The van der Waals surface area contributed by atoms with Gasteiger partial charge in [-0.3, -0.25) is 14.9 Å². The minimum absolute atomic E-state index is 0.0304. The second kappa shape index (κ2) is 7.86. The molecule has 7 heteroatoms. The predicted octanol–water partition coefficient (Wildman–Crippen LogP) is 2.71. The summed E-state index contributed by atoms with van der Waals surface area (Å²) in [6, 6.07) is 15.8. The number of para-hydroxylation sites is 1. The summed E-state index contributed by atoms with van der Waals surface area (Å²) < 4.78 is 5.71. The number of hydrogen-bond donors (Lipinski definition) is 0. The van der Waals surface area contributed by atoms with Crippen LogP contribution in [0.1, 0.15) is 6.92 Å². The van der Waals surface area contributed by atoms with Crippen LogP contribution in [0.25, 0.3) is 0 Å². The monoisotopic (exact) mass is 355 g/mol. The average Bonchev–Trinajstić information content (AvgIpc) is 2.68. The van der Waals surface area contributed by atoms with Crippen molar-refractivity contribution in [3.05, 3.63) is 64.7 Å². The van der Waals surface area contributed by atoms with Gasteiger partial charge in [0.05, 0.1) is 4.92 Å². The van der Waals surface area contributed by atoms with Crippen LogP contribution in [0, 0.1) is 10.1 Å². The number of benzene rings is 2. The van der Waals surface area contributed by atoms with Gasteiger partial charge in [-0.25, -0.2) is 0 Å². The van der Waals surface area contributed by atoms with Gasteiger partial charge in [0, 0.05) is 44.0 Å². The first-order valence-electron chi connectivity index (χ1n) is 8.54. The van der Waals surface area contributed by atoms with Gasteiger partial charge in [0.2, 0.25) is 0 Å². The van der Waals surface area contributed by atoms with Gasteiger partial charge in [-0.1, -0.05) is 18.2 Å². The van der Waals surface area contributed by atoms with E-state index in [9.17, 15) is 14.9 Å². The van der Waals surface area contributed by atoms with Gasteiger partial charge in [0.15, 0.2) is 6.10 Å². The smallest absolute Gasteiger partial charge is 0.269 e. The SMILES string of the molecule is C[C@@H](Oc1ccccc1)C(=O)N1CCN(c2ccc([N+](=O)[O-])cc2)CC1. The normalized spacial score (nSPS) is 15.4. The van der Waals surface area contributed by atoms with Crippen LogP contribution in [-0.2, 0) is 4.79 Å². The maximum absolute atomic E-state index is 12.6. The van der Waals surface area contributed by atoms with Gasteiger partial charge >= 0.3 is 0 Å². The number of nitro groups is 1. The topological polar surface area (TPSA) is 75.9 Å². The van der Waals surface area contributed by atoms with E-state index in [0.717, 1.165) is 5.69 Å². The Kier molecular flexibility index (Phi) is 5.36. The van der Waals surface area contributed by atoms with Gasteiger partial charge in [0.25, 0.3) is 11.6 Å². The van der Waals surface area contributed by atoms with E-state index in [4.69, 9.17) is 4.74 Å². The summed E-state index contributed by atoms with van der Waals surface area (Å²) in [5.41, 5.74) is 1.01. The van der Waals surface area contributed by atoms with E-state index in [1.54, 1.807) is 24.0 Å². The molecular formula is C19H21N3O4. The summed E-state index contributed by atoms with van der Waals surface area (Å²) in [6.07, 6.45) is -0.539. The Morgan fingerprint density at radius 3 is 2.23 bits per heavy atom. The minimum Gasteiger partial charge on any atom is -0.481 e. The third kappa shape index (κ3) is 4.11. The summed E-state index contributed by atoms with van der Waals surface area (Å²) in [6.45, 7) is 4.32. The van der Waals surface area contributed by atoms with E-state index < -0.39 is 11.0 Å². The predicted molar refractivity (Wildman–Crippen MR) is 98.4 cm³/mol. The maximum atomic E-state index is 12.6. The fourth-order valence-corrected chi connectivity index (χ4v) is 2.98. The average molecular weight is 355 g/mol. The van der Waals surface area contributed by atoms with Crippen LogP contribution in [-0.4, -0.2) is 48.0 Å². The molecule has 0 spiro atoms. The van der Waals surface area contributed by atoms with Crippen molar-refractivity contribution in [1.82, 2.24) is 4.90 Å². The van der Waals surface area contributed by atoms with Gasteiger partial charge in [-0.15, -0.1) is 0 Å². The second-order valence-electron chi connectivity index (χ2n) is 6.16. The van der Waals surface area contributed by atoms with Crippen LogP contribution in [0.4, 0.5) is 11.4 Å². The molecule has 1 aliphatic heterocycles. The number of piperazine rings is 1. The third-order valence-electron chi connectivity index (χ3n) is 4.42. The molecule has 1 aliphatic rings. The third-order valence-corrected chi connectivity index (χ3v) is 4.42. The van der Waals surface area contributed by atoms with Gasteiger partial charge in [0.1, 0.15) is 5.75 Å². The van der Waals surface area contributed by atoms with E-state index in [1.807, 2.05) is 30.3 Å². The molecule has 0 radical (unpaired) electrons. The lowest BCUT2D eigenvalue weighted by molar-refractivity contribution is -0.384. The Labute approximate surface area is 151 Å². The van der Waals surface area contributed by atoms with Crippen LogP contribution < -0.4 is 9.64 Å². The van der Waals surface area contributed by atoms with Gasteiger partial charge in [-0.2, -0.15) is 0 Å².